The minimum absolute atomic E-state index is 0.310. The quantitative estimate of drug-likeness (QED) is 0.650. The fourth-order valence-corrected chi connectivity index (χ4v) is 3.37. The molecule has 0 unspecified atom stereocenters. The molecule has 1 N–H and O–H groups in total. The second kappa shape index (κ2) is 8.05. The lowest BCUT2D eigenvalue weighted by molar-refractivity contribution is 0.0526. The summed E-state index contributed by atoms with van der Waals surface area (Å²) in [5, 5.41) is 3.19. The summed E-state index contributed by atoms with van der Waals surface area (Å²) in [5.74, 6) is 0.257. The van der Waals surface area contributed by atoms with E-state index in [1.165, 1.54) is 18.4 Å². The number of carbonyl (C=O) groups is 2. The summed E-state index contributed by atoms with van der Waals surface area (Å²) in [6.07, 6.45) is 0. The molecule has 0 fully saturated rings. The Balaban J connectivity index is 1.84. The maximum absolute atomic E-state index is 12.6. The van der Waals surface area contributed by atoms with Gasteiger partial charge in [0, 0.05) is 6.07 Å². The zero-order valence-corrected chi connectivity index (χ0v) is 15.9. The van der Waals surface area contributed by atoms with Gasteiger partial charge in [-0.05, 0) is 37.3 Å². The van der Waals surface area contributed by atoms with E-state index >= 15 is 0 Å². The van der Waals surface area contributed by atoms with Crippen molar-refractivity contribution < 1.29 is 23.8 Å². The van der Waals surface area contributed by atoms with Crippen LogP contribution < -0.4 is 14.8 Å². The Labute approximate surface area is 159 Å². The highest BCUT2D eigenvalue weighted by molar-refractivity contribution is 7.22. The number of anilines is 1. The van der Waals surface area contributed by atoms with Crippen LogP contribution in [-0.4, -0.2) is 37.7 Å². The second-order valence-corrected chi connectivity index (χ2v) is 6.47. The number of hydrogen-bond acceptors (Lipinski definition) is 7. The van der Waals surface area contributed by atoms with Crippen LogP contribution in [0.3, 0.4) is 0 Å². The first-order chi connectivity index (χ1) is 13.0. The molecule has 3 rings (SSSR count). The van der Waals surface area contributed by atoms with Crippen molar-refractivity contribution >= 4 is 38.6 Å². The molecule has 0 aliphatic carbocycles. The molecule has 0 aliphatic rings. The van der Waals surface area contributed by atoms with Crippen molar-refractivity contribution in [1.82, 2.24) is 4.98 Å². The van der Waals surface area contributed by atoms with Gasteiger partial charge in [-0.25, -0.2) is 9.78 Å². The zero-order valence-electron chi connectivity index (χ0n) is 15.1. The lowest BCUT2D eigenvalue weighted by Gasteiger charge is -2.09. The molecule has 140 valence electrons. The van der Waals surface area contributed by atoms with Gasteiger partial charge in [-0.2, -0.15) is 0 Å². The highest BCUT2D eigenvalue weighted by atomic mass is 32.1. The highest BCUT2D eigenvalue weighted by Crippen LogP contribution is 2.29. The molecule has 1 heterocycles. The number of carbonyl (C=O) groups excluding carboxylic acids is 2. The predicted octanol–water partition coefficient (Wildman–Crippen LogP) is 3.74. The van der Waals surface area contributed by atoms with E-state index in [-0.39, 0.29) is 11.9 Å². The molecule has 0 saturated heterocycles. The number of nitrogens with one attached hydrogen (secondary N) is 1. The lowest BCUT2D eigenvalue weighted by Crippen LogP contribution is -2.13. The monoisotopic (exact) mass is 386 g/mol. The van der Waals surface area contributed by atoms with Crippen LogP contribution in [0.5, 0.6) is 11.5 Å². The molecule has 7 nitrogen and oxygen atoms in total. The molecule has 27 heavy (non-hydrogen) atoms. The Kier molecular flexibility index (Phi) is 5.56. The number of thiazole rings is 1. The number of amides is 1. The summed E-state index contributed by atoms with van der Waals surface area (Å²) in [7, 11) is 3.03. The van der Waals surface area contributed by atoms with Crippen molar-refractivity contribution in [2.24, 2.45) is 0 Å². The fraction of sp³-hybridized carbons (Fsp3) is 0.211. The number of benzene rings is 2. The number of hydrogen-bond donors (Lipinski definition) is 1. The molecule has 0 atom stereocenters. The van der Waals surface area contributed by atoms with Gasteiger partial charge in [-0.1, -0.05) is 11.3 Å². The van der Waals surface area contributed by atoms with Crippen molar-refractivity contribution in [3.8, 4) is 11.5 Å². The molecule has 3 aromatic rings. The Morgan fingerprint density at radius 2 is 1.93 bits per heavy atom. The van der Waals surface area contributed by atoms with E-state index in [1.54, 1.807) is 50.4 Å². The average Bonchev–Trinajstić information content (AvgIpc) is 3.08. The summed E-state index contributed by atoms with van der Waals surface area (Å²) in [5.41, 5.74) is 1.50. The summed E-state index contributed by atoms with van der Waals surface area (Å²) < 4.78 is 16.2. The summed E-state index contributed by atoms with van der Waals surface area (Å²) in [4.78, 5) is 28.8. The third-order valence-electron chi connectivity index (χ3n) is 3.77. The van der Waals surface area contributed by atoms with E-state index < -0.39 is 0 Å². The van der Waals surface area contributed by atoms with Gasteiger partial charge in [0.25, 0.3) is 5.91 Å². The highest BCUT2D eigenvalue weighted by Gasteiger charge is 2.16. The Bertz CT molecular complexity index is 999. The van der Waals surface area contributed by atoms with Crippen LogP contribution in [0, 0.1) is 0 Å². The van der Waals surface area contributed by atoms with Crippen LogP contribution in [0.15, 0.2) is 36.4 Å². The van der Waals surface area contributed by atoms with Crippen molar-refractivity contribution in [3.63, 3.8) is 0 Å². The zero-order chi connectivity index (χ0) is 19.4. The minimum atomic E-state index is -0.388. The van der Waals surface area contributed by atoms with Gasteiger partial charge in [0.15, 0.2) is 5.13 Å². The van der Waals surface area contributed by atoms with E-state index in [4.69, 9.17) is 14.2 Å². The van der Waals surface area contributed by atoms with E-state index in [0.717, 1.165) is 4.70 Å². The van der Waals surface area contributed by atoms with Crippen LogP contribution in [0.4, 0.5) is 5.13 Å². The minimum Gasteiger partial charge on any atom is -0.497 e. The topological polar surface area (TPSA) is 86.8 Å². The summed E-state index contributed by atoms with van der Waals surface area (Å²) in [6.45, 7) is 2.06. The first-order valence-electron chi connectivity index (χ1n) is 8.16. The number of nitrogens with zero attached hydrogens (tertiary/aromatic N) is 1. The number of ether oxygens (including phenoxy) is 3. The smallest absolute Gasteiger partial charge is 0.338 e. The van der Waals surface area contributed by atoms with Crippen LogP contribution >= 0.6 is 11.3 Å². The number of fused-ring (bicyclic) bond motifs is 1. The Morgan fingerprint density at radius 1 is 1.11 bits per heavy atom. The predicted molar refractivity (Wildman–Crippen MR) is 103 cm³/mol. The number of methoxy groups -OCH3 is 2. The average molecular weight is 386 g/mol. The van der Waals surface area contributed by atoms with Crippen molar-refractivity contribution in [1.29, 1.82) is 0 Å². The number of rotatable bonds is 6. The van der Waals surface area contributed by atoms with Gasteiger partial charge in [-0.15, -0.1) is 0 Å². The standard InChI is InChI=1S/C19H18N2O5S/c1-4-26-18(23)11-5-8-14-16(9-11)27-19(20-14)21-17(22)13-7-6-12(24-2)10-15(13)25-3/h5-10H,4H2,1-3H3,(H,20,21,22). The van der Waals surface area contributed by atoms with E-state index in [1.807, 2.05) is 0 Å². The number of esters is 1. The van der Waals surface area contributed by atoms with Gasteiger partial charge in [-0.3, -0.25) is 10.1 Å². The van der Waals surface area contributed by atoms with Crippen LogP contribution in [0.2, 0.25) is 0 Å². The van der Waals surface area contributed by atoms with E-state index in [2.05, 4.69) is 10.3 Å². The van der Waals surface area contributed by atoms with Crippen molar-refractivity contribution in [2.45, 2.75) is 6.92 Å². The first-order valence-corrected chi connectivity index (χ1v) is 8.98. The van der Waals surface area contributed by atoms with Gasteiger partial charge >= 0.3 is 5.97 Å². The molecule has 1 amide bonds. The Hall–Kier alpha value is -3.13. The third-order valence-corrected chi connectivity index (χ3v) is 4.71. The largest absolute Gasteiger partial charge is 0.497 e. The van der Waals surface area contributed by atoms with Gasteiger partial charge < -0.3 is 14.2 Å². The van der Waals surface area contributed by atoms with Crippen LogP contribution in [0.1, 0.15) is 27.6 Å². The molecular formula is C19H18N2O5S. The fourth-order valence-electron chi connectivity index (χ4n) is 2.47. The third kappa shape index (κ3) is 4.01. The number of aromatic nitrogens is 1. The van der Waals surface area contributed by atoms with Gasteiger partial charge in [0.05, 0.1) is 42.2 Å². The summed E-state index contributed by atoms with van der Waals surface area (Å²) in [6, 6.07) is 10.0. The molecular weight excluding hydrogens is 368 g/mol. The SMILES string of the molecule is CCOC(=O)c1ccc2nc(NC(=O)c3ccc(OC)cc3OC)sc2c1. The molecule has 0 bridgehead atoms. The molecule has 2 aromatic carbocycles. The Morgan fingerprint density at radius 3 is 2.63 bits per heavy atom. The molecule has 0 aliphatic heterocycles. The van der Waals surface area contributed by atoms with Crippen LogP contribution in [0.25, 0.3) is 10.2 Å². The van der Waals surface area contributed by atoms with Crippen LogP contribution in [-0.2, 0) is 4.74 Å². The second-order valence-electron chi connectivity index (χ2n) is 5.44. The molecule has 0 radical (unpaired) electrons. The van der Waals surface area contributed by atoms with Crippen molar-refractivity contribution in [2.75, 3.05) is 26.1 Å². The molecule has 0 saturated carbocycles. The van der Waals surface area contributed by atoms with E-state index in [0.29, 0.717) is 39.9 Å². The molecule has 8 heteroatoms. The molecule has 1 aromatic heterocycles. The normalized spacial score (nSPS) is 10.5. The van der Waals surface area contributed by atoms with E-state index in [9.17, 15) is 9.59 Å². The first kappa shape index (κ1) is 18.7. The van der Waals surface area contributed by atoms with Crippen molar-refractivity contribution in [3.05, 3.63) is 47.5 Å². The lowest BCUT2D eigenvalue weighted by atomic mass is 10.2. The summed E-state index contributed by atoms with van der Waals surface area (Å²) >= 11 is 1.27. The maximum Gasteiger partial charge on any atom is 0.338 e. The van der Waals surface area contributed by atoms with Gasteiger partial charge in [0.1, 0.15) is 11.5 Å². The molecule has 0 spiro atoms. The maximum atomic E-state index is 12.6. The van der Waals surface area contributed by atoms with Gasteiger partial charge in [0.2, 0.25) is 0 Å².